The van der Waals surface area contributed by atoms with Gasteiger partial charge >= 0.3 is 5.97 Å². The zero-order chi connectivity index (χ0) is 11.2. The van der Waals surface area contributed by atoms with E-state index in [0.29, 0.717) is 12.5 Å². The Morgan fingerprint density at radius 1 is 1.50 bits per heavy atom. The highest BCUT2D eigenvalue weighted by Crippen LogP contribution is 2.31. The van der Waals surface area contributed by atoms with Crippen molar-refractivity contribution in [2.75, 3.05) is 11.9 Å². The van der Waals surface area contributed by atoms with Gasteiger partial charge in [0.05, 0.1) is 12.0 Å². The molecule has 0 aliphatic rings. The van der Waals surface area contributed by atoms with Crippen molar-refractivity contribution in [3.63, 3.8) is 0 Å². The van der Waals surface area contributed by atoms with E-state index in [9.17, 15) is 4.79 Å². The van der Waals surface area contributed by atoms with Crippen LogP contribution in [0.15, 0.2) is 0 Å². The SMILES string of the molecule is CCOC(=O)C(C)(CC)CC(C)CBr. The smallest absolute Gasteiger partial charge is 0.311 e. The van der Waals surface area contributed by atoms with Crippen LogP contribution in [0.4, 0.5) is 0 Å². The van der Waals surface area contributed by atoms with Crippen molar-refractivity contribution in [2.24, 2.45) is 11.3 Å². The normalized spacial score (nSPS) is 17.2. The molecule has 0 saturated heterocycles. The topological polar surface area (TPSA) is 26.3 Å². The van der Waals surface area contributed by atoms with Crippen LogP contribution in [0, 0.1) is 11.3 Å². The van der Waals surface area contributed by atoms with Gasteiger partial charge in [0, 0.05) is 5.33 Å². The van der Waals surface area contributed by atoms with Gasteiger partial charge in [0.25, 0.3) is 0 Å². The molecule has 2 unspecified atom stereocenters. The molecule has 0 amide bonds. The molecule has 0 aromatic carbocycles. The molecule has 2 atom stereocenters. The van der Waals surface area contributed by atoms with Gasteiger partial charge in [-0.05, 0) is 32.6 Å². The highest BCUT2D eigenvalue weighted by atomic mass is 79.9. The first-order valence-electron chi connectivity index (χ1n) is 5.23. The van der Waals surface area contributed by atoms with Crippen LogP contribution >= 0.6 is 15.9 Å². The van der Waals surface area contributed by atoms with Crippen LogP contribution in [0.5, 0.6) is 0 Å². The number of halogens is 1. The summed E-state index contributed by atoms with van der Waals surface area (Å²) in [4.78, 5) is 11.7. The van der Waals surface area contributed by atoms with Crippen LogP contribution in [0.2, 0.25) is 0 Å². The molecule has 0 radical (unpaired) electrons. The Morgan fingerprint density at radius 3 is 2.43 bits per heavy atom. The van der Waals surface area contributed by atoms with Crippen molar-refractivity contribution < 1.29 is 9.53 Å². The molecule has 0 aliphatic carbocycles. The minimum atomic E-state index is -0.316. The summed E-state index contributed by atoms with van der Waals surface area (Å²) in [7, 11) is 0. The molecule has 0 fully saturated rings. The molecule has 2 nitrogen and oxygen atoms in total. The lowest BCUT2D eigenvalue weighted by atomic mass is 9.80. The maximum absolute atomic E-state index is 11.7. The second kappa shape index (κ2) is 6.44. The van der Waals surface area contributed by atoms with E-state index in [1.165, 1.54) is 0 Å². The standard InChI is InChI=1S/C11H21BrO2/c1-5-11(4,7-9(3)8-12)10(13)14-6-2/h9H,5-8H2,1-4H3. The summed E-state index contributed by atoms with van der Waals surface area (Å²) in [6.07, 6.45) is 1.72. The Morgan fingerprint density at radius 2 is 2.07 bits per heavy atom. The first kappa shape index (κ1) is 13.9. The molecule has 84 valence electrons. The van der Waals surface area contributed by atoms with Crippen LogP contribution in [0.3, 0.4) is 0 Å². The lowest BCUT2D eigenvalue weighted by Gasteiger charge is -2.28. The number of rotatable bonds is 6. The maximum atomic E-state index is 11.7. The quantitative estimate of drug-likeness (QED) is 0.543. The Hall–Kier alpha value is -0.0500. The fraction of sp³-hybridized carbons (Fsp3) is 0.909. The van der Waals surface area contributed by atoms with Crippen molar-refractivity contribution in [3.8, 4) is 0 Å². The predicted molar refractivity (Wildman–Crippen MR) is 62.6 cm³/mol. The summed E-state index contributed by atoms with van der Waals surface area (Å²) < 4.78 is 5.09. The average Bonchev–Trinajstić information content (AvgIpc) is 2.17. The van der Waals surface area contributed by atoms with Crippen LogP contribution in [-0.4, -0.2) is 17.9 Å². The minimum absolute atomic E-state index is 0.0599. The molecule has 0 spiro atoms. The number of esters is 1. The van der Waals surface area contributed by atoms with Gasteiger partial charge in [-0.1, -0.05) is 29.8 Å². The summed E-state index contributed by atoms with van der Waals surface area (Å²) in [5.41, 5.74) is -0.316. The molecule has 0 saturated carbocycles. The maximum Gasteiger partial charge on any atom is 0.311 e. The molecule has 0 aromatic heterocycles. The summed E-state index contributed by atoms with van der Waals surface area (Å²) >= 11 is 3.43. The third kappa shape index (κ3) is 3.99. The molecule has 0 aliphatic heterocycles. The second-order valence-electron chi connectivity index (χ2n) is 4.10. The molecule has 0 bridgehead atoms. The molecule has 0 rings (SSSR count). The summed E-state index contributed by atoms with van der Waals surface area (Å²) in [5.74, 6) is 0.444. The molecule has 0 N–H and O–H groups in total. The zero-order valence-electron chi connectivity index (χ0n) is 9.60. The average molecular weight is 265 g/mol. The van der Waals surface area contributed by atoms with Gasteiger partial charge in [-0.15, -0.1) is 0 Å². The van der Waals surface area contributed by atoms with E-state index in [1.807, 2.05) is 20.8 Å². The highest BCUT2D eigenvalue weighted by molar-refractivity contribution is 9.09. The molecule has 3 heteroatoms. The van der Waals surface area contributed by atoms with Crippen molar-refractivity contribution in [1.82, 2.24) is 0 Å². The highest BCUT2D eigenvalue weighted by Gasteiger charge is 2.33. The van der Waals surface area contributed by atoms with E-state index in [2.05, 4.69) is 22.9 Å². The van der Waals surface area contributed by atoms with Gasteiger partial charge in [-0.2, -0.15) is 0 Å². The van der Waals surface area contributed by atoms with Gasteiger partial charge in [0.15, 0.2) is 0 Å². The number of carbonyl (C=O) groups excluding carboxylic acids is 1. The van der Waals surface area contributed by atoms with Gasteiger partial charge < -0.3 is 4.74 Å². The van der Waals surface area contributed by atoms with Crippen molar-refractivity contribution in [1.29, 1.82) is 0 Å². The van der Waals surface area contributed by atoms with E-state index in [-0.39, 0.29) is 11.4 Å². The zero-order valence-corrected chi connectivity index (χ0v) is 11.2. The Kier molecular flexibility index (Phi) is 6.41. The van der Waals surface area contributed by atoms with E-state index in [0.717, 1.165) is 18.2 Å². The van der Waals surface area contributed by atoms with Crippen molar-refractivity contribution in [3.05, 3.63) is 0 Å². The molecule has 0 heterocycles. The van der Waals surface area contributed by atoms with Crippen LogP contribution in [0.25, 0.3) is 0 Å². The lowest BCUT2D eigenvalue weighted by Crippen LogP contribution is -2.31. The number of carbonyl (C=O) groups is 1. The van der Waals surface area contributed by atoms with E-state index >= 15 is 0 Å². The minimum Gasteiger partial charge on any atom is -0.466 e. The largest absolute Gasteiger partial charge is 0.466 e. The third-order valence-electron chi connectivity index (χ3n) is 2.61. The Bertz CT molecular complexity index is 182. The second-order valence-corrected chi connectivity index (χ2v) is 4.75. The summed E-state index contributed by atoms with van der Waals surface area (Å²) in [5, 5.41) is 0.933. The van der Waals surface area contributed by atoms with Crippen LogP contribution in [0.1, 0.15) is 40.5 Å². The number of hydrogen-bond donors (Lipinski definition) is 0. The van der Waals surface area contributed by atoms with E-state index in [1.54, 1.807) is 0 Å². The molecular weight excluding hydrogens is 244 g/mol. The van der Waals surface area contributed by atoms with Crippen LogP contribution in [-0.2, 0) is 9.53 Å². The summed E-state index contributed by atoms with van der Waals surface area (Å²) in [6, 6.07) is 0. The first-order chi connectivity index (χ1) is 6.50. The number of alkyl halides is 1. The van der Waals surface area contributed by atoms with E-state index in [4.69, 9.17) is 4.74 Å². The fourth-order valence-corrected chi connectivity index (χ4v) is 1.73. The lowest BCUT2D eigenvalue weighted by molar-refractivity contribution is -0.155. The molecular formula is C11H21BrO2. The number of ether oxygens (including phenoxy) is 1. The number of hydrogen-bond acceptors (Lipinski definition) is 2. The van der Waals surface area contributed by atoms with Gasteiger partial charge in [-0.25, -0.2) is 0 Å². The van der Waals surface area contributed by atoms with E-state index < -0.39 is 0 Å². The molecule has 14 heavy (non-hydrogen) atoms. The predicted octanol–water partition coefficient (Wildman–Crippen LogP) is 3.39. The fourth-order valence-electron chi connectivity index (χ4n) is 1.50. The Balaban J connectivity index is 4.37. The Labute approximate surface area is 95.5 Å². The van der Waals surface area contributed by atoms with Gasteiger partial charge in [0.1, 0.15) is 0 Å². The van der Waals surface area contributed by atoms with Crippen LogP contribution < -0.4 is 0 Å². The molecule has 0 aromatic rings. The van der Waals surface area contributed by atoms with Crippen molar-refractivity contribution >= 4 is 21.9 Å². The van der Waals surface area contributed by atoms with Gasteiger partial charge in [0.2, 0.25) is 0 Å². The van der Waals surface area contributed by atoms with Crippen molar-refractivity contribution in [2.45, 2.75) is 40.5 Å². The first-order valence-corrected chi connectivity index (χ1v) is 6.35. The summed E-state index contributed by atoms with van der Waals surface area (Å²) in [6.45, 7) is 8.49. The monoisotopic (exact) mass is 264 g/mol. The van der Waals surface area contributed by atoms with Gasteiger partial charge in [-0.3, -0.25) is 4.79 Å². The third-order valence-corrected chi connectivity index (χ3v) is 3.72.